The molecule has 0 aromatic rings. The fraction of sp³-hybridized carbons (Fsp3) is 0.929. The van der Waals surface area contributed by atoms with Gasteiger partial charge in [-0.3, -0.25) is 4.79 Å². The van der Waals surface area contributed by atoms with E-state index < -0.39 is 0 Å². The summed E-state index contributed by atoms with van der Waals surface area (Å²) in [4.78, 5) is 14.2. The van der Waals surface area contributed by atoms with Gasteiger partial charge in [0.25, 0.3) is 0 Å². The van der Waals surface area contributed by atoms with E-state index >= 15 is 0 Å². The molecule has 2 N–H and O–H groups in total. The van der Waals surface area contributed by atoms with Gasteiger partial charge in [-0.2, -0.15) is 0 Å². The molecule has 3 nitrogen and oxygen atoms in total. The first-order chi connectivity index (χ1) is 7.52. The zero-order valence-electron chi connectivity index (χ0n) is 13.0. The smallest absolute Gasteiger partial charge is 0.227 e. The van der Waals surface area contributed by atoms with Crippen molar-refractivity contribution in [2.24, 2.45) is 22.5 Å². The van der Waals surface area contributed by atoms with Crippen LogP contribution in [-0.2, 0) is 4.79 Å². The zero-order valence-corrected chi connectivity index (χ0v) is 13.9. The van der Waals surface area contributed by atoms with E-state index in [9.17, 15) is 4.79 Å². The Morgan fingerprint density at radius 3 is 2.00 bits per heavy atom. The molecule has 0 aliphatic rings. The van der Waals surface area contributed by atoms with Crippen LogP contribution in [0.15, 0.2) is 0 Å². The summed E-state index contributed by atoms with van der Waals surface area (Å²) in [6.45, 7) is 13.8. The summed E-state index contributed by atoms with van der Waals surface area (Å²) in [5.41, 5.74) is 5.41. The van der Waals surface area contributed by atoms with Crippen LogP contribution in [0.5, 0.6) is 0 Å². The van der Waals surface area contributed by atoms with Gasteiger partial charge in [-0.05, 0) is 24.3 Å². The average Bonchev–Trinajstić information content (AvgIpc) is 2.14. The summed E-state index contributed by atoms with van der Waals surface area (Å²) in [5.74, 6) is 0.748. The van der Waals surface area contributed by atoms with Crippen LogP contribution < -0.4 is 5.73 Å². The number of nitrogens with two attached hydrogens (primary N) is 1. The van der Waals surface area contributed by atoms with Crippen LogP contribution in [0.1, 0.15) is 48.0 Å². The molecule has 0 aromatic heterocycles. The van der Waals surface area contributed by atoms with Gasteiger partial charge in [0.1, 0.15) is 0 Å². The molecule has 1 amide bonds. The Balaban J connectivity index is 0. The Morgan fingerprint density at radius 1 is 1.22 bits per heavy atom. The number of amides is 1. The molecule has 0 aliphatic heterocycles. The summed E-state index contributed by atoms with van der Waals surface area (Å²) in [6, 6.07) is 0. The third kappa shape index (κ3) is 6.60. The normalized spacial score (nSPS) is 12.3. The predicted octanol–water partition coefficient (Wildman–Crippen LogP) is 2.92. The third-order valence-corrected chi connectivity index (χ3v) is 3.06. The Bertz CT molecular complexity index is 263. The maximum absolute atomic E-state index is 12.4. The van der Waals surface area contributed by atoms with E-state index in [1.807, 2.05) is 25.8 Å². The highest BCUT2D eigenvalue weighted by Gasteiger charge is 2.33. The molecule has 4 heteroatoms. The molecule has 0 rings (SSSR count). The first-order valence-electron chi connectivity index (χ1n) is 6.47. The molecule has 0 saturated carbocycles. The summed E-state index contributed by atoms with van der Waals surface area (Å²) >= 11 is 0. The van der Waals surface area contributed by atoms with Crippen LogP contribution in [0.3, 0.4) is 0 Å². The maximum Gasteiger partial charge on any atom is 0.227 e. The van der Waals surface area contributed by atoms with Crippen LogP contribution in [0, 0.1) is 16.7 Å². The molecule has 110 valence electrons. The van der Waals surface area contributed by atoms with E-state index in [2.05, 4.69) is 27.7 Å². The van der Waals surface area contributed by atoms with Crippen LogP contribution in [0.25, 0.3) is 0 Å². The first kappa shape index (κ1) is 20.0. The summed E-state index contributed by atoms with van der Waals surface area (Å²) < 4.78 is 0. The summed E-state index contributed by atoms with van der Waals surface area (Å²) in [5, 5.41) is 0. The molecule has 0 aliphatic carbocycles. The lowest BCUT2D eigenvalue weighted by molar-refractivity contribution is -0.141. The highest BCUT2D eigenvalue weighted by Crippen LogP contribution is 2.28. The average molecular weight is 279 g/mol. The van der Waals surface area contributed by atoms with Gasteiger partial charge in [0.05, 0.1) is 0 Å². The topological polar surface area (TPSA) is 46.3 Å². The molecule has 0 bridgehead atoms. The number of halogens is 1. The van der Waals surface area contributed by atoms with Crippen LogP contribution >= 0.6 is 12.4 Å². The van der Waals surface area contributed by atoms with Crippen molar-refractivity contribution in [1.29, 1.82) is 0 Å². The van der Waals surface area contributed by atoms with Crippen LogP contribution in [0.2, 0.25) is 0 Å². The Hall–Kier alpha value is -0.280. The second-order valence-electron chi connectivity index (χ2n) is 7.01. The fourth-order valence-electron chi connectivity index (χ4n) is 2.40. The molecular formula is C14H31ClN2O. The molecular weight excluding hydrogens is 248 g/mol. The highest BCUT2D eigenvalue weighted by atomic mass is 35.5. The number of carbonyl (C=O) groups is 1. The molecule has 0 atom stereocenters. The number of rotatable bonds is 6. The van der Waals surface area contributed by atoms with Crippen molar-refractivity contribution in [3.8, 4) is 0 Å². The monoisotopic (exact) mass is 278 g/mol. The van der Waals surface area contributed by atoms with E-state index in [-0.39, 0.29) is 29.1 Å². The van der Waals surface area contributed by atoms with Crippen molar-refractivity contribution < 1.29 is 4.79 Å². The third-order valence-electron chi connectivity index (χ3n) is 3.06. The Kier molecular flexibility index (Phi) is 8.18. The lowest BCUT2D eigenvalue weighted by Crippen LogP contribution is -2.45. The van der Waals surface area contributed by atoms with Gasteiger partial charge >= 0.3 is 0 Å². The van der Waals surface area contributed by atoms with Crippen molar-refractivity contribution in [3.05, 3.63) is 0 Å². The van der Waals surface area contributed by atoms with Gasteiger partial charge in [0, 0.05) is 19.0 Å². The van der Waals surface area contributed by atoms with Gasteiger partial charge in [0.15, 0.2) is 0 Å². The van der Waals surface area contributed by atoms with Crippen molar-refractivity contribution >= 4 is 18.3 Å². The van der Waals surface area contributed by atoms with E-state index in [0.29, 0.717) is 19.0 Å². The number of carbonyl (C=O) groups excluding carboxylic acids is 1. The van der Waals surface area contributed by atoms with Crippen molar-refractivity contribution in [3.63, 3.8) is 0 Å². The minimum Gasteiger partial charge on any atom is -0.345 e. The molecule has 18 heavy (non-hydrogen) atoms. The van der Waals surface area contributed by atoms with Crippen LogP contribution in [0.4, 0.5) is 0 Å². The fourth-order valence-corrected chi connectivity index (χ4v) is 2.40. The second kappa shape index (κ2) is 7.34. The lowest BCUT2D eigenvalue weighted by Gasteiger charge is -2.35. The van der Waals surface area contributed by atoms with E-state index in [4.69, 9.17) is 5.73 Å². The minimum absolute atomic E-state index is 0. The molecule has 0 radical (unpaired) electrons. The van der Waals surface area contributed by atoms with Crippen molar-refractivity contribution in [2.45, 2.75) is 48.0 Å². The highest BCUT2D eigenvalue weighted by molar-refractivity contribution is 5.85. The van der Waals surface area contributed by atoms with Gasteiger partial charge in [-0.25, -0.2) is 0 Å². The number of nitrogens with zero attached hydrogens (tertiary/aromatic N) is 1. The SMILES string of the molecule is CC(C)CC(C)(C)C(=O)N(C)CC(C)(C)CN.Cl. The standard InChI is InChI=1S/C14H30N2O.ClH/c1-11(2)8-14(5,6)12(17)16(7)10-13(3,4)9-15;/h11H,8-10,15H2,1-7H3;1H. The zero-order chi connectivity index (χ0) is 13.9. The van der Waals surface area contributed by atoms with E-state index in [1.54, 1.807) is 0 Å². The number of hydrogen-bond donors (Lipinski definition) is 1. The van der Waals surface area contributed by atoms with Gasteiger partial charge in [0.2, 0.25) is 5.91 Å². The molecule has 0 heterocycles. The maximum atomic E-state index is 12.4. The second-order valence-corrected chi connectivity index (χ2v) is 7.01. The van der Waals surface area contributed by atoms with Crippen molar-refractivity contribution in [1.82, 2.24) is 4.90 Å². The molecule has 0 spiro atoms. The van der Waals surface area contributed by atoms with E-state index in [1.165, 1.54) is 0 Å². The van der Waals surface area contributed by atoms with Crippen molar-refractivity contribution in [2.75, 3.05) is 20.1 Å². The van der Waals surface area contributed by atoms with Crippen LogP contribution in [-0.4, -0.2) is 30.9 Å². The summed E-state index contributed by atoms with van der Waals surface area (Å²) in [6.07, 6.45) is 0.916. The Labute approximate surface area is 119 Å². The molecule has 0 fully saturated rings. The van der Waals surface area contributed by atoms with Gasteiger partial charge < -0.3 is 10.6 Å². The minimum atomic E-state index is -0.284. The molecule has 0 saturated heterocycles. The van der Waals surface area contributed by atoms with E-state index in [0.717, 1.165) is 6.42 Å². The number of hydrogen-bond acceptors (Lipinski definition) is 2. The summed E-state index contributed by atoms with van der Waals surface area (Å²) in [7, 11) is 1.88. The lowest BCUT2D eigenvalue weighted by atomic mass is 9.82. The molecule has 0 unspecified atom stereocenters. The largest absolute Gasteiger partial charge is 0.345 e. The predicted molar refractivity (Wildman–Crippen MR) is 81.0 cm³/mol. The van der Waals surface area contributed by atoms with Gasteiger partial charge in [-0.15, -0.1) is 12.4 Å². The van der Waals surface area contributed by atoms with Gasteiger partial charge in [-0.1, -0.05) is 41.5 Å². The molecule has 0 aromatic carbocycles. The Morgan fingerprint density at radius 2 is 1.67 bits per heavy atom. The quantitative estimate of drug-likeness (QED) is 0.812. The first-order valence-corrected chi connectivity index (χ1v) is 6.47.